The van der Waals surface area contributed by atoms with Crippen molar-refractivity contribution < 1.29 is 21.9 Å². The zero-order chi connectivity index (χ0) is 43.7. The highest BCUT2D eigenvalue weighted by atomic mass is 35.5. The Morgan fingerprint density at radius 3 is 1.84 bits per heavy atom. The van der Waals surface area contributed by atoms with Gasteiger partial charge in [-0.05, 0) is 121 Å². The number of hydrogen-bond donors (Lipinski definition) is 0. The van der Waals surface area contributed by atoms with E-state index in [9.17, 15) is 8.42 Å². The van der Waals surface area contributed by atoms with Crippen LogP contribution in [0.5, 0.6) is 0 Å². The zero-order valence-electron chi connectivity index (χ0n) is 37.5. The first kappa shape index (κ1) is 46.4. The maximum Gasteiger partial charge on any atom is 0.498 e. The van der Waals surface area contributed by atoms with Crippen molar-refractivity contribution >= 4 is 45.3 Å². The molecule has 4 aliphatic rings. The summed E-state index contributed by atoms with van der Waals surface area (Å²) in [5.74, 6) is 1.95. The lowest BCUT2D eigenvalue weighted by atomic mass is 9.82. The molecule has 3 aliphatic carbocycles. The molecule has 9 rings (SSSR count). The number of fused-ring (bicyclic) bond motifs is 1. The normalized spacial score (nSPS) is 19.7. The first-order chi connectivity index (χ1) is 29.7. The summed E-state index contributed by atoms with van der Waals surface area (Å²) in [5.41, 5.74) is 5.28. The second-order valence-electron chi connectivity index (χ2n) is 19.0. The second kappa shape index (κ2) is 20.9. The first-order valence-corrected chi connectivity index (χ1v) is 24.8. The summed E-state index contributed by atoms with van der Waals surface area (Å²) in [7, 11) is -3.87. The Bertz CT molecular complexity index is 2280. The summed E-state index contributed by atoms with van der Waals surface area (Å²) in [5, 5.41) is 9.52. The van der Waals surface area contributed by atoms with Gasteiger partial charge < -0.3 is 9.31 Å². The molecule has 0 amide bonds. The molecule has 1 aliphatic heterocycles. The van der Waals surface area contributed by atoms with Gasteiger partial charge in [0.05, 0.1) is 39.9 Å². The van der Waals surface area contributed by atoms with Crippen LogP contribution in [0.3, 0.4) is 0 Å². The molecule has 1 saturated heterocycles. The topological polar surface area (TPSA) is 123 Å². The fourth-order valence-electron chi connectivity index (χ4n) is 8.91. The predicted molar refractivity (Wildman–Crippen MR) is 248 cm³/mol. The largest absolute Gasteiger partial charge is 0.498 e. The van der Waals surface area contributed by atoms with Crippen molar-refractivity contribution in [3.05, 3.63) is 84.2 Å². The molecule has 4 aromatic heterocycles. The van der Waals surface area contributed by atoms with Gasteiger partial charge in [-0.1, -0.05) is 87.1 Å². The second-order valence-corrected chi connectivity index (χ2v) is 21.0. The third kappa shape index (κ3) is 12.6. The van der Waals surface area contributed by atoms with Crippen LogP contribution >= 0.6 is 11.6 Å². The fraction of sp³-hybridized carbons (Fsp3) is 0.583. The summed E-state index contributed by atoms with van der Waals surface area (Å²) in [4.78, 5) is 9.06. The summed E-state index contributed by atoms with van der Waals surface area (Å²) >= 11 is 5.97. The number of pyridine rings is 2. The van der Waals surface area contributed by atoms with Gasteiger partial charge in [0.25, 0.3) is 10.1 Å². The van der Waals surface area contributed by atoms with Crippen molar-refractivity contribution in [2.45, 2.75) is 160 Å². The minimum Gasteiger partial charge on any atom is -0.399 e. The van der Waals surface area contributed by atoms with E-state index in [0.29, 0.717) is 17.7 Å². The molecule has 0 spiro atoms. The van der Waals surface area contributed by atoms with E-state index in [1.807, 2.05) is 37.6 Å². The molecule has 0 unspecified atom stereocenters. The molecule has 0 N–H and O–H groups in total. The number of benzene rings is 1. The van der Waals surface area contributed by atoms with Crippen molar-refractivity contribution in [2.24, 2.45) is 17.8 Å². The third-order valence-electron chi connectivity index (χ3n) is 13.5. The average Bonchev–Trinajstić information content (AvgIpc) is 3.99. The Morgan fingerprint density at radius 2 is 1.24 bits per heavy atom. The number of rotatable bonds is 10. The fourth-order valence-corrected chi connectivity index (χ4v) is 10.0. The number of aromatic nitrogens is 6. The zero-order valence-corrected chi connectivity index (χ0v) is 39.0. The van der Waals surface area contributed by atoms with Gasteiger partial charge in [-0.2, -0.15) is 18.6 Å². The lowest BCUT2D eigenvalue weighted by Gasteiger charge is -2.32. The average molecular weight is 885 g/mol. The van der Waals surface area contributed by atoms with Gasteiger partial charge in [0, 0.05) is 54.5 Å². The van der Waals surface area contributed by atoms with Gasteiger partial charge in [-0.15, -0.1) is 0 Å². The maximum absolute atomic E-state index is 12.0. The van der Waals surface area contributed by atoms with Crippen LogP contribution < -0.4 is 5.46 Å². The van der Waals surface area contributed by atoms with Gasteiger partial charge in [-0.25, -0.2) is 4.98 Å². The molecular weight excluding hydrogens is 819 g/mol. The van der Waals surface area contributed by atoms with E-state index in [0.717, 1.165) is 71.0 Å². The highest BCUT2D eigenvalue weighted by Gasteiger charge is 2.52. The number of halogens is 1. The van der Waals surface area contributed by atoms with Crippen LogP contribution in [0.25, 0.3) is 22.2 Å². The van der Waals surface area contributed by atoms with Crippen LogP contribution in [0.1, 0.15) is 130 Å². The van der Waals surface area contributed by atoms with E-state index >= 15 is 0 Å². The molecule has 14 heteroatoms. The molecule has 0 bridgehead atoms. The Morgan fingerprint density at radius 1 is 0.694 bits per heavy atom. The smallest absolute Gasteiger partial charge is 0.399 e. The maximum atomic E-state index is 12.0. The monoisotopic (exact) mass is 884 g/mol. The van der Waals surface area contributed by atoms with Crippen LogP contribution in [0.4, 0.5) is 0 Å². The lowest BCUT2D eigenvalue weighted by molar-refractivity contribution is 0.00578. The Labute approximate surface area is 375 Å². The van der Waals surface area contributed by atoms with Crippen molar-refractivity contribution in [3.8, 4) is 11.1 Å². The van der Waals surface area contributed by atoms with Crippen LogP contribution in [-0.2, 0) is 36.7 Å². The van der Waals surface area contributed by atoms with E-state index in [4.69, 9.17) is 25.1 Å². The summed E-state index contributed by atoms with van der Waals surface area (Å²) < 4.78 is 45.4. The molecule has 0 atom stereocenters. The Kier molecular flexibility index (Phi) is 15.6. The molecule has 1 aromatic carbocycles. The number of nitrogens with zero attached hydrogens (tertiary/aromatic N) is 6. The standard InChI is InChI=1S/C18H19ClN4.C16H27BN2O2.C14H20O3S/c19-18-7-6-16-17(22-18)8-14(9-20-16)15-10-21-23(12-15)11-13-4-2-1-3-5-13;1-15(2)16(3,4)21-17(20-15)14-10-18-19(12-14)11-13-8-6-5-7-9-13;1-12-7-9-14(10-8-12)18(15,16)17-11-13-5-3-2-4-6-13/h6-10,12-13H,1-5,11H2;10,12-13H,5-9,11H2,1-4H3;7-10,13H,2-6,11H2,1H3. The van der Waals surface area contributed by atoms with Crippen molar-refractivity contribution in [1.29, 1.82) is 0 Å². The van der Waals surface area contributed by atoms with Crippen LogP contribution in [0.2, 0.25) is 5.15 Å². The van der Waals surface area contributed by atoms with E-state index in [1.54, 1.807) is 30.3 Å². The summed E-state index contributed by atoms with van der Waals surface area (Å²) in [6.45, 7) is 12.6. The van der Waals surface area contributed by atoms with Crippen molar-refractivity contribution in [2.75, 3.05) is 6.61 Å². The minimum atomic E-state index is -3.58. The quantitative estimate of drug-likeness (QED) is 0.0766. The summed E-state index contributed by atoms with van der Waals surface area (Å²) in [6, 6.07) is 12.5. The highest BCUT2D eigenvalue weighted by molar-refractivity contribution is 7.86. The molecule has 4 fully saturated rings. The van der Waals surface area contributed by atoms with Gasteiger partial charge in [-0.3, -0.25) is 18.5 Å². The molecular formula is C48H66BClN6O5S. The first-order valence-electron chi connectivity index (χ1n) is 23.0. The molecule has 11 nitrogen and oxygen atoms in total. The predicted octanol–water partition coefficient (Wildman–Crippen LogP) is 10.8. The molecule has 5 aromatic rings. The molecule has 3 saturated carbocycles. The van der Waals surface area contributed by atoms with Crippen molar-refractivity contribution in [3.63, 3.8) is 0 Å². The van der Waals surface area contributed by atoms with Crippen LogP contribution in [0, 0.1) is 24.7 Å². The van der Waals surface area contributed by atoms with Gasteiger partial charge in [0.2, 0.25) is 0 Å². The molecule has 5 heterocycles. The van der Waals surface area contributed by atoms with Crippen LogP contribution in [0.15, 0.2) is 78.3 Å². The third-order valence-corrected chi connectivity index (χ3v) is 15.0. The Balaban J connectivity index is 0.000000141. The number of aryl methyl sites for hydroxylation is 1. The van der Waals surface area contributed by atoms with Gasteiger partial charge in [0.15, 0.2) is 0 Å². The number of hydrogen-bond acceptors (Lipinski definition) is 9. The van der Waals surface area contributed by atoms with Gasteiger partial charge >= 0.3 is 7.12 Å². The van der Waals surface area contributed by atoms with Crippen LogP contribution in [-0.4, -0.2) is 62.9 Å². The lowest BCUT2D eigenvalue weighted by Crippen LogP contribution is -2.41. The minimum absolute atomic E-state index is 0.254. The van der Waals surface area contributed by atoms with E-state index in [1.165, 1.54) is 83.5 Å². The van der Waals surface area contributed by atoms with E-state index < -0.39 is 10.1 Å². The summed E-state index contributed by atoms with van der Waals surface area (Å²) in [6.07, 6.45) is 29.3. The van der Waals surface area contributed by atoms with E-state index in [-0.39, 0.29) is 23.2 Å². The SMILES string of the molecule is CC1(C)OB(c2cnn(CC3CCCCC3)c2)OC1(C)C.Cc1ccc(S(=O)(=O)OCC2CCCCC2)cc1.Clc1ccc2ncc(-c3cnn(CC4CCCCC4)c3)cc2n1. The molecule has 334 valence electrons. The van der Waals surface area contributed by atoms with Crippen molar-refractivity contribution in [1.82, 2.24) is 29.5 Å². The van der Waals surface area contributed by atoms with Gasteiger partial charge in [0.1, 0.15) is 5.15 Å². The highest BCUT2D eigenvalue weighted by Crippen LogP contribution is 2.36. The Hall–Kier alpha value is -3.62. The van der Waals surface area contributed by atoms with E-state index in [2.05, 4.69) is 69.6 Å². The molecule has 0 radical (unpaired) electrons. The molecule has 62 heavy (non-hydrogen) atoms.